The van der Waals surface area contributed by atoms with Crippen LogP contribution in [0.5, 0.6) is 5.75 Å². The molecule has 0 unspecified atom stereocenters. The standard InChI is InChI=1S/C14H20N2O5S/c1-10(2)14(18)16-6-8-21-13-4-3-11(9-12(13)16)22(19,20)15-5-7-17/h3-4,9-10,15,17H,5-8H2,1-2H3. The molecular weight excluding hydrogens is 308 g/mol. The van der Waals surface area contributed by atoms with Crippen LogP contribution < -0.4 is 14.4 Å². The lowest BCUT2D eigenvalue weighted by Gasteiger charge is -2.31. The molecule has 0 bridgehead atoms. The first-order valence-electron chi connectivity index (χ1n) is 7.05. The van der Waals surface area contributed by atoms with Crippen molar-refractivity contribution in [2.24, 2.45) is 5.92 Å². The third kappa shape index (κ3) is 3.40. The highest BCUT2D eigenvalue weighted by atomic mass is 32.2. The van der Waals surface area contributed by atoms with Gasteiger partial charge in [-0.3, -0.25) is 4.79 Å². The van der Waals surface area contributed by atoms with Crippen LogP contribution in [0.4, 0.5) is 5.69 Å². The number of rotatable bonds is 5. The number of carbonyl (C=O) groups is 1. The van der Waals surface area contributed by atoms with Gasteiger partial charge in [-0.05, 0) is 18.2 Å². The Morgan fingerprint density at radius 3 is 2.82 bits per heavy atom. The van der Waals surface area contributed by atoms with Gasteiger partial charge in [-0.25, -0.2) is 13.1 Å². The fourth-order valence-corrected chi connectivity index (χ4v) is 3.21. The molecule has 0 aliphatic carbocycles. The lowest BCUT2D eigenvalue weighted by atomic mass is 10.1. The van der Waals surface area contributed by atoms with Crippen molar-refractivity contribution >= 4 is 21.6 Å². The number of fused-ring (bicyclic) bond motifs is 1. The minimum absolute atomic E-state index is 0.0340. The van der Waals surface area contributed by atoms with Crippen molar-refractivity contribution in [1.29, 1.82) is 0 Å². The number of sulfonamides is 1. The average molecular weight is 328 g/mol. The summed E-state index contributed by atoms with van der Waals surface area (Å²) in [4.78, 5) is 13.9. The molecule has 0 aromatic heterocycles. The second-order valence-electron chi connectivity index (χ2n) is 5.24. The maximum atomic E-state index is 12.3. The first-order valence-corrected chi connectivity index (χ1v) is 8.54. The van der Waals surface area contributed by atoms with E-state index in [2.05, 4.69) is 4.72 Å². The van der Waals surface area contributed by atoms with Gasteiger partial charge in [0.05, 0.1) is 23.7 Å². The van der Waals surface area contributed by atoms with Crippen LogP contribution in [0.1, 0.15) is 13.8 Å². The summed E-state index contributed by atoms with van der Waals surface area (Å²) in [6.45, 7) is 4.00. The molecule has 1 aliphatic heterocycles. The molecule has 2 rings (SSSR count). The Balaban J connectivity index is 2.40. The highest BCUT2D eigenvalue weighted by Crippen LogP contribution is 2.34. The van der Waals surface area contributed by atoms with Crippen LogP contribution in [0.3, 0.4) is 0 Å². The van der Waals surface area contributed by atoms with E-state index in [1.807, 2.05) is 0 Å². The predicted molar refractivity (Wildman–Crippen MR) is 81.4 cm³/mol. The summed E-state index contributed by atoms with van der Waals surface area (Å²) in [5, 5.41) is 8.74. The Morgan fingerprint density at radius 2 is 2.18 bits per heavy atom. The summed E-state index contributed by atoms with van der Waals surface area (Å²) in [5.74, 6) is 0.211. The maximum Gasteiger partial charge on any atom is 0.240 e. The van der Waals surface area contributed by atoms with Crippen molar-refractivity contribution in [2.45, 2.75) is 18.7 Å². The number of ether oxygens (including phenoxy) is 1. The molecule has 2 N–H and O–H groups in total. The van der Waals surface area contributed by atoms with Crippen LogP contribution in [-0.4, -0.2) is 45.7 Å². The van der Waals surface area contributed by atoms with Crippen molar-refractivity contribution in [3.8, 4) is 5.75 Å². The van der Waals surface area contributed by atoms with Gasteiger partial charge in [0.15, 0.2) is 0 Å². The second kappa shape index (κ2) is 6.64. The monoisotopic (exact) mass is 328 g/mol. The molecule has 1 aliphatic rings. The Morgan fingerprint density at radius 1 is 1.45 bits per heavy atom. The van der Waals surface area contributed by atoms with E-state index in [1.165, 1.54) is 12.1 Å². The third-order valence-corrected chi connectivity index (χ3v) is 4.73. The van der Waals surface area contributed by atoms with Gasteiger partial charge < -0.3 is 14.7 Å². The van der Waals surface area contributed by atoms with E-state index in [-0.39, 0.29) is 29.9 Å². The number of nitrogens with zero attached hydrogens (tertiary/aromatic N) is 1. The Labute approximate surface area is 129 Å². The summed E-state index contributed by atoms with van der Waals surface area (Å²) >= 11 is 0. The highest BCUT2D eigenvalue weighted by molar-refractivity contribution is 7.89. The fourth-order valence-electron chi connectivity index (χ4n) is 2.17. The summed E-state index contributed by atoms with van der Waals surface area (Å²) < 4.78 is 32.0. The lowest BCUT2D eigenvalue weighted by molar-refractivity contribution is -0.121. The first kappa shape index (κ1) is 16.7. The third-order valence-electron chi connectivity index (χ3n) is 3.27. The molecule has 1 amide bonds. The second-order valence-corrected chi connectivity index (χ2v) is 7.01. The van der Waals surface area contributed by atoms with Gasteiger partial charge in [-0.2, -0.15) is 0 Å². The topological polar surface area (TPSA) is 95.9 Å². The molecule has 0 saturated carbocycles. The van der Waals surface area contributed by atoms with E-state index in [0.29, 0.717) is 24.6 Å². The quantitative estimate of drug-likeness (QED) is 0.812. The minimum atomic E-state index is -3.73. The molecule has 0 radical (unpaired) electrons. The van der Waals surface area contributed by atoms with E-state index >= 15 is 0 Å². The van der Waals surface area contributed by atoms with Gasteiger partial charge in [-0.1, -0.05) is 13.8 Å². The number of anilines is 1. The van der Waals surface area contributed by atoms with E-state index < -0.39 is 10.0 Å². The maximum absolute atomic E-state index is 12.3. The van der Waals surface area contributed by atoms with Crippen LogP contribution in [0.25, 0.3) is 0 Å². The number of hydrogen-bond acceptors (Lipinski definition) is 5. The summed E-state index contributed by atoms with van der Waals surface area (Å²) in [7, 11) is -3.73. The molecule has 0 atom stereocenters. The highest BCUT2D eigenvalue weighted by Gasteiger charge is 2.27. The number of benzene rings is 1. The Bertz CT molecular complexity index is 657. The summed E-state index contributed by atoms with van der Waals surface area (Å²) in [6.07, 6.45) is 0. The van der Waals surface area contributed by atoms with E-state index in [1.54, 1.807) is 24.8 Å². The zero-order valence-electron chi connectivity index (χ0n) is 12.6. The summed E-state index contributed by atoms with van der Waals surface area (Å²) in [6, 6.07) is 4.39. The molecule has 0 fully saturated rings. The van der Waals surface area contributed by atoms with Gasteiger partial charge in [0.2, 0.25) is 15.9 Å². The van der Waals surface area contributed by atoms with Gasteiger partial charge in [0, 0.05) is 12.5 Å². The van der Waals surface area contributed by atoms with E-state index in [4.69, 9.17) is 9.84 Å². The number of aliphatic hydroxyl groups is 1. The number of hydrogen-bond donors (Lipinski definition) is 2. The van der Waals surface area contributed by atoms with Crippen LogP contribution in [0.2, 0.25) is 0 Å². The molecule has 7 nitrogen and oxygen atoms in total. The number of carbonyl (C=O) groups excluding carboxylic acids is 1. The molecule has 0 spiro atoms. The molecule has 1 aromatic carbocycles. The van der Waals surface area contributed by atoms with Crippen LogP contribution >= 0.6 is 0 Å². The molecule has 122 valence electrons. The predicted octanol–water partition coefficient (Wildman–Crippen LogP) is 0.339. The first-order chi connectivity index (χ1) is 10.4. The van der Waals surface area contributed by atoms with E-state index in [0.717, 1.165) is 0 Å². The van der Waals surface area contributed by atoms with Crippen molar-refractivity contribution in [1.82, 2.24) is 4.72 Å². The SMILES string of the molecule is CC(C)C(=O)N1CCOc2ccc(S(=O)(=O)NCCO)cc21. The van der Waals surface area contributed by atoms with Gasteiger partial charge >= 0.3 is 0 Å². The zero-order valence-corrected chi connectivity index (χ0v) is 13.4. The largest absolute Gasteiger partial charge is 0.490 e. The molecular formula is C14H20N2O5S. The molecule has 1 heterocycles. The van der Waals surface area contributed by atoms with Crippen molar-refractivity contribution < 1.29 is 23.1 Å². The normalized spacial score (nSPS) is 14.6. The van der Waals surface area contributed by atoms with E-state index in [9.17, 15) is 13.2 Å². The number of amides is 1. The lowest BCUT2D eigenvalue weighted by Crippen LogP contribution is -2.40. The molecule has 8 heteroatoms. The average Bonchev–Trinajstić information content (AvgIpc) is 2.51. The number of nitrogens with one attached hydrogen (secondary N) is 1. The van der Waals surface area contributed by atoms with Crippen LogP contribution in [0.15, 0.2) is 23.1 Å². The van der Waals surface area contributed by atoms with Crippen LogP contribution in [-0.2, 0) is 14.8 Å². The molecule has 1 aromatic rings. The molecule has 0 saturated heterocycles. The smallest absolute Gasteiger partial charge is 0.240 e. The van der Waals surface area contributed by atoms with Gasteiger partial charge in [-0.15, -0.1) is 0 Å². The molecule has 22 heavy (non-hydrogen) atoms. The Kier molecular flexibility index (Phi) is 5.05. The van der Waals surface area contributed by atoms with Crippen molar-refractivity contribution in [2.75, 3.05) is 31.2 Å². The van der Waals surface area contributed by atoms with Crippen LogP contribution in [0, 0.1) is 5.92 Å². The van der Waals surface area contributed by atoms with Crippen molar-refractivity contribution in [3.63, 3.8) is 0 Å². The Hall–Kier alpha value is -1.64. The summed E-state index contributed by atoms with van der Waals surface area (Å²) in [5.41, 5.74) is 0.455. The minimum Gasteiger partial charge on any atom is -0.490 e. The number of aliphatic hydroxyl groups excluding tert-OH is 1. The van der Waals surface area contributed by atoms with Crippen molar-refractivity contribution in [3.05, 3.63) is 18.2 Å². The van der Waals surface area contributed by atoms with Gasteiger partial charge in [0.1, 0.15) is 12.4 Å². The zero-order chi connectivity index (χ0) is 16.3. The van der Waals surface area contributed by atoms with Gasteiger partial charge in [0.25, 0.3) is 0 Å². The fraction of sp³-hybridized carbons (Fsp3) is 0.500.